The topological polar surface area (TPSA) is 103 Å². The molecule has 0 aliphatic carbocycles. The Hall–Kier alpha value is -0.770. The standard InChI is InChI=1S/C9H15N3O4S2/c1-7-9(8(6-13)11-10-7)18(15,16)12-2-4-17(14)5-3-12/h13H,2-6H2,1H3,(H,10,11). The average molecular weight is 293 g/mol. The summed E-state index contributed by atoms with van der Waals surface area (Å²) in [4.78, 5) is 0.0395. The predicted molar refractivity (Wildman–Crippen MR) is 65.9 cm³/mol. The molecule has 0 atom stereocenters. The minimum Gasteiger partial charge on any atom is -0.390 e. The number of nitrogens with zero attached hydrogens (tertiary/aromatic N) is 2. The summed E-state index contributed by atoms with van der Waals surface area (Å²) in [5.74, 6) is 0.704. The van der Waals surface area contributed by atoms with E-state index in [2.05, 4.69) is 10.2 Å². The highest BCUT2D eigenvalue weighted by molar-refractivity contribution is 7.89. The molecule has 0 amide bonds. The molecule has 1 aliphatic heterocycles. The van der Waals surface area contributed by atoms with Crippen LogP contribution in [-0.2, 0) is 27.4 Å². The lowest BCUT2D eigenvalue weighted by Gasteiger charge is -2.25. The largest absolute Gasteiger partial charge is 0.390 e. The normalized spacial score (nSPS) is 19.2. The highest BCUT2D eigenvalue weighted by Gasteiger charge is 2.32. The van der Waals surface area contributed by atoms with Crippen molar-refractivity contribution in [2.45, 2.75) is 18.4 Å². The van der Waals surface area contributed by atoms with Gasteiger partial charge in [-0.3, -0.25) is 9.31 Å². The van der Waals surface area contributed by atoms with E-state index >= 15 is 0 Å². The molecule has 1 fully saturated rings. The fraction of sp³-hybridized carbons (Fsp3) is 0.667. The number of hydrogen-bond donors (Lipinski definition) is 2. The van der Waals surface area contributed by atoms with Gasteiger partial charge in [-0.05, 0) is 6.92 Å². The molecule has 0 saturated carbocycles. The van der Waals surface area contributed by atoms with Crippen LogP contribution in [0.4, 0.5) is 0 Å². The molecule has 2 heterocycles. The first-order valence-electron chi connectivity index (χ1n) is 5.46. The van der Waals surface area contributed by atoms with Crippen LogP contribution in [0.2, 0.25) is 0 Å². The van der Waals surface area contributed by atoms with Crippen LogP contribution in [0.3, 0.4) is 0 Å². The molecular weight excluding hydrogens is 278 g/mol. The number of aliphatic hydroxyl groups is 1. The minimum absolute atomic E-state index is 0.0395. The molecule has 1 saturated heterocycles. The summed E-state index contributed by atoms with van der Waals surface area (Å²) >= 11 is 0. The number of sulfonamides is 1. The van der Waals surface area contributed by atoms with E-state index in [1.165, 1.54) is 4.31 Å². The second kappa shape index (κ2) is 5.08. The molecule has 2 rings (SSSR count). The molecule has 2 N–H and O–H groups in total. The Morgan fingerprint density at radius 3 is 2.61 bits per heavy atom. The van der Waals surface area contributed by atoms with Crippen LogP contribution in [0.25, 0.3) is 0 Å². The summed E-state index contributed by atoms with van der Waals surface area (Å²) in [7, 11) is -4.60. The van der Waals surface area contributed by atoms with Crippen molar-refractivity contribution < 1.29 is 17.7 Å². The maximum Gasteiger partial charge on any atom is 0.246 e. The van der Waals surface area contributed by atoms with Gasteiger partial charge >= 0.3 is 0 Å². The number of aromatic nitrogens is 2. The van der Waals surface area contributed by atoms with E-state index in [1.54, 1.807) is 6.92 Å². The number of hydrogen-bond acceptors (Lipinski definition) is 5. The van der Waals surface area contributed by atoms with Gasteiger partial charge in [0.15, 0.2) is 0 Å². The van der Waals surface area contributed by atoms with Crippen molar-refractivity contribution in [2.24, 2.45) is 0 Å². The predicted octanol–water partition coefficient (Wildman–Crippen LogP) is -1.04. The molecule has 1 aromatic rings. The summed E-state index contributed by atoms with van der Waals surface area (Å²) in [6.07, 6.45) is 0. The summed E-state index contributed by atoms with van der Waals surface area (Å²) in [5, 5.41) is 15.5. The van der Waals surface area contributed by atoms with Gasteiger partial charge in [0.25, 0.3) is 0 Å². The summed E-state index contributed by atoms with van der Waals surface area (Å²) in [6, 6.07) is 0. The first kappa shape index (κ1) is 13.7. The third-order valence-electron chi connectivity index (χ3n) is 2.85. The van der Waals surface area contributed by atoms with Crippen LogP contribution in [0.15, 0.2) is 4.90 Å². The van der Waals surface area contributed by atoms with Gasteiger partial charge in [0.1, 0.15) is 10.6 Å². The van der Waals surface area contributed by atoms with E-state index in [1.807, 2.05) is 0 Å². The number of rotatable bonds is 3. The van der Waals surface area contributed by atoms with E-state index in [0.29, 0.717) is 17.2 Å². The van der Waals surface area contributed by atoms with Crippen LogP contribution in [0, 0.1) is 6.92 Å². The molecule has 18 heavy (non-hydrogen) atoms. The number of aromatic amines is 1. The number of aliphatic hydroxyl groups excluding tert-OH is 1. The summed E-state index contributed by atoms with van der Waals surface area (Å²) < 4.78 is 37.4. The van der Waals surface area contributed by atoms with Crippen molar-refractivity contribution in [3.8, 4) is 0 Å². The van der Waals surface area contributed by atoms with E-state index in [0.717, 1.165) is 0 Å². The van der Waals surface area contributed by atoms with E-state index in [9.17, 15) is 12.6 Å². The Morgan fingerprint density at radius 2 is 2.06 bits per heavy atom. The van der Waals surface area contributed by atoms with Crippen LogP contribution in [0.5, 0.6) is 0 Å². The SMILES string of the molecule is Cc1[nH]nc(CO)c1S(=O)(=O)N1CCS(=O)CC1. The lowest BCUT2D eigenvalue weighted by Crippen LogP contribution is -2.42. The zero-order valence-electron chi connectivity index (χ0n) is 9.92. The molecule has 9 heteroatoms. The van der Waals surface area contributed by atoms with Gasteiger partial charge in [-0.25, -0.2) is 8.42 Å². The number of aryl methyl sites for hydroxylation is 1. The fourth-order valence-corrected chi connectivity index (χ4v) is 4.95. The second-order valence-electron chi connectivity index (χ2n) is 4.03. The van der Waals surface area contributed by atoms with Crippen molar-refractivity contribution >= 4 is 20.8 Å². The van der Waals surface area contributed by atoms with Crippen LogP contribution >= 0.6 is 0 Å². The minimum atomic E-state index is -3.67. The Bertz CT molecular complexity index is 556. The first-order chi connectivity index (χ1) is 8.46. The smallest absolute Gasteiger partial charge is 0.246 e. The second-order valence-corrected chi connectivity index (χ2v) is 7.61. The maximum absolute atomic E-state index is 12.4. The van der Waals surface area contributed by atoms with Crippen molar-refractivity contribution in [2.75, 3.05) is 24.6 Å². The number of nitrogens with one attached hydrogen (secondary N) is 1. The summed E-state index contributed by atoms with van der Waals surface area (Å²) in [5.41, 5.74) is 0.532. The molecular formula is C9H15N3O4S2. The van der Waals surface area contributed by atoms with Crippen molar-refractivity contribution in [3.63, 3.8) is 0 Å². The lowest BCUT2D eigenvalue weighted by molar-refractivity contribution is 0.273. The Labute approximate surface area is 108 Å². The van der Waals surface area contributed by atoms with Gasteiger partial charge in [0.2, 0.25) is 10.0 Å². The average Bonchev–Trinajstić information content (AvgIpc) is 2.71. The third kappa shape index (κ3) is 2.35. The van der Waals surface area contributed by atoms with Gasteiger partial charge in [-0.2, -0.15) is 9.40 Å². The molecule has 0 aromatic carbocycles. The quantitative estimate of drug-likeness (QED) is 0.741. The van der Waals surface area contributed by atoms with Gasteiger partial charge in [-0.1, -0.05) is 0 Å². The third-order valence-corrected chi connectivity index (χ3v) is 6.22. The number of H-pyrrole nitrogens is 1. The maximum atomic E-state index is 12.4. The monoisotopic (exact) mass is 293 g/mol. The van der Waals surface area contributed by atoms with Gasteiger partial charge in [0, 0.05) is 35.4 Å². The lowest BCUT2D eigenvalue weighted by atomic mass is 10.4. The molecule has 0 spiro atoms. The van der Waals surface area contributed by atoms with Gasteiger partial charge < -0.3 is 5.11 Å². The highest BCUT2D eigenvalue weighted by atomic mass is 32.2. The highest BCUT2D eigenvalue weighted by Crippen LogP contribution is 2.23. The zero-order valence-corrected chi connectivity index (χ0v) is 11.6. The Kier molecular flexibility index (Phi) is 3.85. The molecule has 0 radical (unpaired) electrons. The van der Waals surface area contributed by atoms with E-state index < -0.39 is 27.4 Å². The fourth-order valence-electron chi connectivity index (χ4n) is 1.91. The summed E-state index contributed by atoms with van der Waals surface area (Å²) in [6.45, 7) is 1.65. The van der Waals surface area contributed by atoms with E-state index in [4.69, 9.17) is 5.11 Å². The molecule has 102 valence electrons. The van der Waals surface area contributed by atoms with Crippen LogP contribution in [0.1, 0.15) is 11.4 Å². The Balaban J connectivity index is 2.36. The molecule has 1 aromatic heterocycles. The Morgan fingerprint density at radius 1 is 1.44 bits per heavy atom. The first-order valence-corrected chi connectivity index (χ1v) is 8.39. The van der Waals surface area contributed by atoms with Crippen molar-refractivity contribution in [3.05, 3.63) is 11.4 Å². The van der Waals surface area contributed by atoms with Gasteiger partial charge in [-0.15, -0.1) is 0 Å². The van der Waals surface area contributed by atoms with Crippen molar-refractivity contribution in [1.82, 2.24) is 14.5 Å². The molecule has 1 aliphatic rings. The molecule has 0 bridgehead atoms. The zero-order chi connectivity index (χ0) is 13.3. The van der Waals surface area contributed by atoms with E-state index in [-0.39, 0.29) is 23.7 Å². The van der Waals surface area contributed by atoms with Crippen molar-refractivity contribution in [1.29, 1.82) is 0 Å². The van der Waals surface area contributed by atoms with Gasteiger partial charge in [0.05, 0.1) is 12.3 Å². The molecule has 0 unspecified atom stereocenters. The molecule has 7 nitrogen and oxygen atoms in total. The van der Waals surface area contributed by atoms with Crippen LogP contribution in [-0.4, -0.2) is 56.8 Å². The van der Waals surface area contributed by atoms with Crippen LogP contribution < -0.4 is 0 Å².